The van der Waals surface area contributed by atoms with Crippen molar-refractivity contribution in [2.75, 3.05) is 25.0 Å². The first-order valence-corrected chi connectivity index (χ1v) is 7.08. The normalized spacial score (nSPS) is 15.3. The molecule has 1 N–H and O–H groups in total. The zero-order valence-corrected chi connectivity index (χ0v) is 11.6. The molecule has 0 spiro atoms. The molecule has 0 radical (unpaired) electrons. The van der Waals surface area contributed by atoms with Gasteiger partial charge in [0.15, 0.2) is 5.65 Å². The Labute approximate surface area is 113 Å². The smallest absolute Gasteiger partial charge is 0.243 e. The summed E-state index contributed by atoms with van der Waals surface area (Å²) >= 11 is 0. The van der Waals surface area contributed by atoms with Gasteiger partial charge in [-0.25, -0.2) is 4.52 Å². The summed E-state index contributed by atoms with van der Waals surface area (Å²) in [4.78, 5) is 7.04. The first kappa shape index (κ1) is 12.4. The van der Waals surface area contributed by atoms with Crippen LogP contribution in [0.4, 0.5) is 5.95 Å². The summed E-state index contributed by atoms with van der Waals surface area (Å²) < 4.78 is 1.83. The number of aromatic nitrogens is 3. The Morgan fingerprint density at radius 2 is 2.32 bits per heavy atom. The van der Waals surface area contributed by atoms with Gasteiger partial charge in [-0.05, 0) is 37.9 Å². The highest BCUT2D eigenvalue weighted by molar-refractivity contribution is 5.49. The molecule has 102 valence electrons. The minimum absolute atomic E-state index is 0.723. The number of aryl methyl sites for hydroxylation is 1. The minimum atomic E-state index is 0.723. The van der Waals surface area contributed by atoms with Crippen molar-refractivity contribution in [3.05, 3.63) is 23.9 Å². The number of nitrogens with zero attached hydrogens (tertiary/aromatic N) is 4. The van der Waals surface area contributed by atoms with Gasteiger partial charge in [-0.2, -0.15) is 4.98 Å². The van der Waals surface area contributed by atoms with E-state index in [4.69, 9.17) is 0 Å². The van der Waals surface area contributed by atoms with Crippen LogP contribution in [0, 0.1) is 6.92 Å². The van der Waals surface area contributed by atoms with Crippen LogP contribution in [0.25, 0.3) is 5.65 Å². The molecule has 19 heavy (non-hydrogen) atoms. The molecule has 0 atom stereocenters. The van der Waals surface area contributed by atoms with E-state index in [9.17, 15) is 0 Å². The van der Waals surface area contributed by atoms with Crippen LogP contribution in [0.15, 0.2) is 18.3 Å². The van der Waals surface area contributed by atoms with E-state index in [0.29, 0.717) is 0 Å². The lowest BCUT2D eigenvalue weighted by Crippen LogP contribution is -2.31. The zero-order chi connectivity index (χ0) is 13.2. The molecule has 2 aromatic heterocycles. The Morgan fingerprint density at radius 3 is 3.00 bits per heavy atom. The van der Waals surface area contributed by atoms with Crippen LogP contribution in [-0.2, 0) is 0 Å². The predicted octanol–water partition coefficient (Wildman–Crippen LogP) is 1.93. The average molecular weight is 259 g/mol. The van der Waals surface area contributed by atoms with Crippen LogP contribution in [0.3, 0.4) is 0 Å². The summed E-state index contributed by atoms with van der Waals surface area (Å²) in [6.45, 7) is 7.38. The van der Waals surface area contributed by atoms with Crippen molar-refractivity contribution in [2.45, 2.75) is 32.7 Å². The Balaban J connectivity index is 1.60. The molecule has 5 nitrogen and oxygen atoms in total. The van der Waals surface area contributed by atoms with Gasteiger partial charge in [0.25, 0.3) is 0 Å². The Bertz CT molecular complexity index is 558. The molecule has 0 saturated heterocycles. The minimum Gasteiger partial charge on any atom is -0.352 e. The van der Waals surface area contributed by atoms with Crippen molar-refractivity contribution in [1.82, 2.24) is 19.5 Å². The summed E-state index contributed by atoms with van der Waals surface area (Å²) in [6.07, 6.45) is 4.66. The highest BCUT2D eigenvalue weighted by Gasteiger charge is 2.27. The van der Waals surface area contributed by atoms with Crippen molar-refractivity contribution >= 4 is 11.6 Å². The fourth-order valence-corrected chi connectivity index (χ4v) is 2.46. The fraction of sp³-hybridized carbons (Fsp3) is 0.571. The van der Waals surface area contributed by atoms with Crippen LogP contribution in [0.2, 0.25) is 0 Å². The van der Waals surface area contributed by atoms with Crippen molar-refractivity contribution < 1.29 is 0 Å². The lowest BCUT2D eigenvalue weighted by atomic mass is 10.3. The van der Waals surface area contributed by atoms with Gasteiger partial charge in [-0.1, -0.05) is 13.0 Å². The van der Waals surface area contributed by atoms with Crippen LogP contribution >= 0.6 is 0 Å². The average Bonchev–Trinajstić information content (AvgIpc) is 3.15. The molecule has 0 aliphatic heterocycles. The van der Waals surface area contributed by atoms with Gasteiger partial charge in [0, 0.05) is 25.3 Å². The first-order chi connectivity index (χ1) is 9.28. The largest absolute Gasteiger partial charge is 0.352 e. The van der Waals surface area contributed by atoms with Crippen molar-refractivity contribution in [2.24, 2.45) is 0 Å². The van der Waals surface area contributed by atoms with E-state index in [1.54, 1.807) is 0 Å². The van der Waals surface area contributed by atoms with Gasteiger partial charge in [0.05, 0.1) is 0 Å². The molecule has 3 rings (SSSR count). The number of anilines is 1. The van der Waals surface area contributed by atoms with E-state index in [1.165, 1.54) is 12.8 Å². The van der Waals surface area contributed by atoms with Gasteiger partial charge in [0.1, 0.15) is 0 Å². The molecule has 2 aromatic rings. The van der Waals surface area contributed by atoms with Gasteiger partial charge in [0.2, 0.25) is 5.95 Å². The predicted molar refractivity (Wildman–Crippen MR) is 76.5 cm³/mol. The van der Waals surface area contributed by atoms with E-state index in [0.717, 1.165) is 42.8 Å². The summed E-state index contributed by atoms with van der Waals surface area (Å²) in [5, 5.41) is 7.76. The summed E-state index contributed by atoms with van der Waals surface area (Å²) in [7, 11) is 0. The molecule has 0 unspecified atom stereocenters. The fourth-order valence-electron chi connectivity index (χ4n) is 2.46. The molecule has 1 aliphatic rings. The molecule has 0 bridgehead atoms. The maximum Gasteiger partial charge on any atom is 0.243 e. The third kappa shape index (κ3) is 2.71. The van der Waals surface area contributed by atoms with Gasteiger partial charge < -0.3 is 5.32 Å². The second-order valence-electron chi connectivity index (χ2n) is 5.18. The van der Waals surface area contributed by atoms with Gasteiger partial charge >= 0.3 is 0 Å². The third-order valence-corrected chi connectivity index (χ3v) is 3.71. The highest BCUT2D eigenvalue weighted by Crippen LogP contribution is 2.25. The maximum atomic E-state index is 4.52. The molecule has 5 heteroatoms. The quantitative estimate of drug-likeness (QED) is 0.861. The van der Waals surface area contributed by atoms with Crippen molar-refractivity contribution in [1.29, 1.82) is 0 Å². The Hall–Kier alpha value is -1.62. The van der Waals surface area contributed by atoms with E-state index in [1.807, 2.05) is 16.8 Å². The van der Waals surface area contributed by atoms with Crippen LogP contribution < -0.4 is 5.32 Å². The Kier molecular flexibility index (Phi) is 3.38. The molecular weight excluding hydrogens is 238 g/mol. The van der Waals surface area contributed by atoms with Crippen molar-refractivity contribution in [3.8, 4) is 0 Å². The monoisotopic (exact) mass is 259 g/mol. The van der Waals surface area contributed by atoms with Crippen LogP contribution in [0.1, 0.15) is 25.3 Å². The van der Waals surface area contributed by atoms with Gasteiger partial charge in [-0.3, -0.25) is 4.90 Å². The maximum absolute atomic E-state index is 4.52. The lowest BCUT2D eigenvalue weighted by molar-refractivity contribution is 0.289. The third-order valence-electron chi connectivity index (χ3n) is 3.71. The van der Waals surface area contributed by atoms with E-state index < -0.39 is 0 Å². The van der Waals surface area contributed by atoms with Crippen molar-refractivity contribution in [3.63, 3.8) is 0 Å². The number of rotatable bonds is 6. The standard InChI is InChI=1S/C14H21N5/c1-3-18(12-6-7-12)10-8-15-14-16-13-11(2)5-4-9-19(13)17-14/h4-5,9,12H,3,6-8,10H2,1-2H3,(H,15,17). The molecule has 1 fully saturated rings. The Morgan fingerprint density at radius 1 is 1.47 bits per heavy atom. The topological polar surface area (TPSA) is 45.5 Å². The number of nitrogens with one attached hydrogen (secondary N) is 1. The van der Waals surface area contributed by atoms with E-state index in [-0.39, 0.29) is 0 Å². The second kappa shape index (κ2) is 5.17. The summed E-state index contributed by atoms with van der Waals surface area (Å²) in [5.74, 6) is 0.723. The number of hydrogen-bond acceptors (Lipinski definition) is 4. The van der Waals surface area contributed by atoms with E-state index in [2.05, 4.69) is 40.2 Å². The number of likely N-dealkylation sites (N-methyl/N-ethyl adjacent to an activating group) is 1. The molecule has 1 saturated carbocycles. The molecule has 0 aromatic carbocycles. The summed E-state index contributed by atoms with van der Waals surface area (Å²) in [5.41, 5.74) is 2.08. The van der Waals surface area contributed by atoms with Crippen LogP contribution in [-0.4, -0.2) is 45.2 Å². The highest BCUT2D eigenvalue weighted by atomic mass is 15.3. The second-order valence-corrected chi connectivity index (χ2v) is 5.18. The molecule has 2 heterocycles. The first-order valence-electron chi connectivity index (χ1n) is 7.08. The SMILES string of the molecule is CCN(CCNc1nc2c(C)cccn2n1)C1CC1. The summed E-state index contributed by atoms with van der Waals surface area (Å²) in [6, 6.07) is 4.87. The molecule has 1 aliphatic carbocycles. The van der Waals surface area contributed by atoms with Gasteiger partial charge in [-0.15, -0.1) is 5.10 Å². The van der Waals surface area contributed by atoms with E-state index >= 15 is 0 Å². The number of fused-ring (bicyclic) bond motifs is 1. The number of hydrogen-bond donors (Lipinski definition) is 1. The molecular formula is C14H21N5. The number of pyridine rings is 1. The van der Waals surface area contributed by atoms with Crippen LogP contribution in [0.5, 0.6) is 0 Å². The zero-order valence-electron chi connectivity index (χ0n) is 11.6. The lowest BCUT2D eigenvalue weighted by Gasteiger charge is -2.19. The molecule has 0 amide bonds.